The summed E-state index contributed by atoms with van der Waals surface area (Å²) in [5.74, 6) is 1.60. The van der Waals surface area contributed by atoms with Crippen LogP contribution in [0, 0.1) is 0 Å². The van der Waals surface area contributed by atoms with E-state index in [0.717, 1.165) is 17.7 Å². The smallest absolute Gasteiger partial charge is 0.246 e. The average molecular weight is 431 g/mol. The summed E-state index contributed by atoms with van der Waals surface area (Å²) in [5.41, 5.74) is 8.09. The number of Topliss-reactive ketones (excluding diaryl/α,β-unsaturated/α-hetero) is 1. The Morgan fingerprint density at radius 2 is 1.78 bits per heavy atom. The first-order valence-corrected chi connectivity index (χ1v) is 10.6. The van der Waals surface area contributed by atoms with Gasteiger partial charge in [0.2, 0.25) is 5.91 Å². The predicted octanol–water partition coefficient (Wildman–Crippen LogP) is 4.48. The Balaban J connectivity index is 1.61. The van der Waals surface area contributed by atoms with E-state index in [2.05, 4.69) is 0 Å². The van der Waals surface area contributed by atoms with Crippen LogP contribution in [0.1, 0.15) is 36.7 Å². The van der Waals surface area contributed by atoms with E-state index in [4.69, 9.17) is 15.6 Å². The number of carbonyl (C=O) groups is 2. The lowest BCUT2D eigenvalue weighted by Gasteiger charge is -2.15. The van der Waals surface area contributed by atoms with Crippen molar-refractivity contribution in [3.05, 3.63) is 72.3 Å². The van der Waals surface area contributed by atoms with Gasteiger partial charge in [0.1, 0.15) is 23.0 Å². The minimum absolute atomic E-state index is 0.0262. The van der Waals surface area contributed by atoms with E-state index >= 15 is 0 Å². The maximum atomic E-state index is 12.4. The Kier molecular flexibility index (Phi) is 6.07. The second kappa shape index (κ2) is 9.09. The number of rotatable bonds is 6. The molecule has 2 N–H and O–H groups in total. The predicted molar refractivity (Wildman–Crippen MR) is 124 cm³/mol. The molecule has 1 aromatic heterocycles. The zero-order valence-electron chi connectivity index (χ0n) is 18.2. The molecule has 4 rings (SSSR count). The molecule has 0 unspecified atom stereocenters. The van der Waals surface area contributed by atoms with Crippen molar-refractivity contribution in [1.82, 2.24) is 14.7 Å². The van der Waals surface area contributed by atoms with Crippen LogP contribution in [0.15, 0.2) is 66.7 Å². The van der Waals surface area contributed by atoms with Crippen LogP contribution in [0.3, 0.4) is 0 Å². The van der Waals surface area contributed by atoms with Crippen molar-refractivity contribution < 1.29 is 14.3 Å². The Morgan fingerprint density at radius 1 is 1.09 bits per heavy atom. The lowest BCUT2D eigenvalue weighted by atomic mass is 10.0. The Morgan fingerprint density at radius 3 is 2.44 bits per heavy atom. The van der Waals surface area contributed by atoms with Gasteiger partial charge in [0, 0.05) is 18.7 Å². The van der Waals surface area contributed by atoms with Crippen LogP contribution in [0.2, 0.25) is 0 Å². The first-order valence-electron chi connectivity index (χ1n) is 10.6. The van der Waals surface area contributed by atoms with Crippen molar-refractivity contribution in [2.75, 3.05) is 18.8 Å². The minimum atomic E-state index is -0.145. The standard InChI is InChI=1S/C25H26N4O3/c1-3-7-22(31)28-15-14-19(16-28)29-25(26)23(17(2)30)24(27-29)18-10-12-21(13-11-18)32-20-8-5-4-6-9-20/h3-13,19H,14-16,26H2,1-2H3/b7-3+/t19-/m1/s1. The fourth-order valence-electron chi connectivity index (χ4n) is 3.97. The van der Waals surface area contributed by atoms with Gasteiger partial charge in [-0.05, 0) is 62.7 Å². The highest BCUT2D eigenvalue weighted by Crippen LogP contribution is 2.34. The third-order valence-corrected chi connectivity index (χ3v) is 5.54. The lowest BCUT2D eigenvalue weighted by molar-refractivity contribution is -0.125. The molecule has 164 valence electrons. The summed E-state index contributed by atoms with van der Waals surface area (Å²) in [6.45, 7) is 4.45. The van der Waals surface area contributed by atoms with Gasteiger partial charge in [-0.1, -0.05) is 24.3 Å². The average Bonchev–Trinajstić information content (AvgIpc) is 3.40. The van der Waals surface area contributed by atoms with Crippen molar-refractivity contribution in [3.63, 3.8) is 0 Å². The van der Waals surface area contributed by atoms with Crippen LogP contribution < -0.4 is 10.5 Å². The number of nitrogens with zero attached hydrogens (tertiary/aromatic N) is 3. The van der Waals surface area contributed by atoms with E-state index in [0.29, 0.717) is 35.9 Å². The Labute approximate surface area is 187 Å². The number of aromatic nitrogens is 2. The number of nitrogens with two attached hydrogens (primary N) is 1. The van der Waals surface area contributed by atoms with Crippen LogP contribution in [-0.2, 0) is 4.79 Å². The molecule has 0 aliphatic carbocycles. The van der Waals surface area contributed by atoms with Crippen molar-refractivity contribution in [1.29, 1.82) is 0 Å². The number of nitrogen functional groups attached to an aromatic ring is 1. The number of anilines is 1. The highest BCUT2D eigenvalue weighted by Gasteiger charge is 2.31. The molecule has 0 saturated carbocycles. The molecule has 1 aliphatic heterocycles. The number of likely N-dealkylation sites (tertiary alicyclic amines) is 1. The van der Waals surface area contributed by atoms with Crippen LogP contribution in [-0.4, -0.2) is 39.5 Å². The van der Waals surface area contributed by atoms with Gasteiger partial charge < -0.3 is 15.4 Å². The molecule has 2 aromatic carbocycles. The molecule has 2 heterocycles. The Bertz CT molecular complexity index is 1150. The fraction of sp³-hybridized carbons (Fsp3) is 0.240. The monoisotopic (exact) mass is 430 g/mol. The van der Waals surface area contributed by atoms with E-state index in [1.807, 2.05) is 61.5 Å². The van der Waals surface area contributed by atoms with Gasteiger partial charge in [-0.2, -0.15) is 5.10 Å². The Hall–Kier alpha value is -3.87. The van der Waals surface area contributed by atoms with E-state index in [9.17, 15) is 9.59 Å². The van der Waals surface area contributed by atoms with Gasteiger partial charge in [-0.15, -0.1) is 0 Å². The van der Waals surface area contributed by atoms with Crippen molar-refractivity contribution in [3.8, 4) is 22.8 Å². The zero-order valence-corrected chi connectivity index (χ0v) is 18.2. The van der Waals surface area contributed by atoms with Gasteiger partial charge in [0.25, 0.3) is 0 Å². The summed E-state index contributed by atoms with van der Waals surface area (Å²) < 4.78 is 7.55. The highest BCUT2D eigenvalue weighted by atomic mass is 16.5. The molecule has 7 nitrogen and oxygen atoms in total. The molecule has 32 heavy (non-hydrogen) atoms. The number of amides is 1. The molecule has 1 fully saturated rings. The van der Waals surface area contributed by atoms with Gasteiger partial charge in [-0.3, -0.25) is 9.59 Å². The molecule has 3 aromatic rings. The fourth-order valence-corrected chi connectivity index (χ4v) is 3.97. The third-order valence-electron chi connectivity index (χ3n) is 5.54. The molecule has 0 bridgehead atoms. The van der Waals surface area contributed by atoms with Gasteiger partial charge in [0.15, 0.2) is 5.78 Å². The highest BCUT2D eigenvalue weighted by molar-refractivity contribution is 6.04. The van der Waals surface area contributed by atoms with Crippen molar-refractivity contribution in [2.45, 2.75) is 26.3 Å². The summed E-state index contributed by atoms with van der Waals surface area (Å²) in [4.78, 5) is 26.4. The first-order chi connectivity index (χ1) is 15.5. The zero-order chi connectivity index (χ0) is 22.7. The molecule has 1 saturated heterocycles. The molecule has 7 heteroatoms. The molecular weight excluding hydrogens is 404 g/mol. The van der Waals surface area contributed by atoms with Gasteiger partial charge in [-0.25, -0.2) is 4.68 Å². The molecule has 0 radical (unpaired) electrons. The maximum absolute atomic E-state index is 12.4. The van der Waals surface area contributed by atoms with Crippen LogP contribution in [0.25, 0.3) is 11.3 Å². The SMILES string of the molecule is C/C=C/C(=O)N1CC[C@@H](n2nc(-c3ccc(Oc4ccccc4)cc3)c(C(C)=O)c2N)C1. The van der Waals surface area contributed by atoms with Crippen LogP contribution >= 0.6 is 0 Å². The summed E-state index contributed by atoms with van der Waals surface area (Å²) in [5, 5.41) is 4.71. The molecule has 1 atom stereocenters. The summed E-state index contributed by atoms with van der Waals surface area (Å²) >= 11 is 0. The molecule has 1 aliphatic rings. The number of benzene rings is 2. The van der Waals surface area contributed by atoms with Gasteiger partial charge >= 0.3 is 0 Å². The minimum Gasteiger partial charge on any atom is -0.457 e. The molecular formula is C25H26N4O3. The summed E-state index contributed by atoms with van der Waals surface area (Å²) in [6, 6.07) is 16.9. The van der Waals surface area contributed by atoms with E-state index in [-0.39, 0.29) is 17.7 Å². The van der Waals surface area contributed by atoms with Crippen LogP contribution in [0.4, 0.5) is 5.82 Å². The van der Waals surface area contributed by atoms with E-state index < -0.39 is 0 Å². The lowest BCUT2D eigenvalue weighted by Crippen LogP contribution is -2.27. The number of para-hydroxylation sites is 1. The summed E-state index contributed by atoms with van der Waals surface area (Å²) in [7, 11) is 0. The number of ether oxygens (including phenoxy) is 1. The molecule has 1 amide bonds. The topological polar surface area (TPSA) is 90.5 Å². The normalized spacial score (nSPS) is 15.9. The first kappa shape index (κ1) is 21.4. The van der Waals surface area contributed by atoms with E-state index in [1.165, 1.54) is 6.92 Å². The third kappa shape index (κ3) is 4.27. The van der Waals surface area contributed by atoms with Crippen LogP contribution in [0.5, 0.6) is 11.5 Å². The second-order valence-electron chi connectivity index (χ2n) is 7.78. The molecule has 0 spiro atoms. The van der Waals surface area contributed by atoms with E-state index in [1.54, 1.807) is 21.7 Å². The summed E-state index contributed by atoms with van der Waals surface area (Å²) in [6.07, 6.45) is 4.02. The maximum Gasteiger partial charge on any atom is 0.246 e. The number of hydrogen-bond donors (Lipinski definition) is 1. The number of carbonyl (C=O) groups excluding carboxylic acids is 2. The van der Waals surface area contributed by atoms with Crippen molar-refractivity contribution >= 4 is 17.5 Å². The van der Waals surface area contributed by atoms with Gasteiger partial charge in [0.05, 0.1) is 11.6 Å². The quantitative estimate of drug-likeness (QED) is 0.460. The number of ketones is 1. The number of hydrogen-bond acceptors (Lipinski definition) is 5. The van der Waals surface area contributed by atoms with Crippen molar-refractivity contribution in [2.24, 2.45) is 0 Å². The second-order valence-corrected chi connectivity index (χ2v) is 7.78. The number of allylic oxidation sites excluding steroid dienone is 1. The largest absolute Gasteiger partial charge is 0.457 e.